The van der Waals surface area contributed by atoms with Crippen LogP contribution in [0.5, 0.6) is 17.2 Å². The van der Waals surface area contributed by atoms with Crippen molar-refractivity contribution in [2.45, 2.75) is 26.4 Å². The minimum atomic E-state index is -3.47. The van der Waals surface area contributed by atoms with Crippen LogP contribution in [0.15, 0.2) is 84.9 Å². The van der Waals surface area contributed by atoms with Crippen molar-refractivity contribution < 1.29 is 27.0 Å². The van der Waals surface area contributed by atoms with Gasteiger partial charge in [0.2, 0.25) is 10.0 Å². The molecule has 4 aromatic rings. The summed E-state index contributed by atoms with van der Waals surface area (Å²) in [5.41, 5.74) is 3.76. The van der Waals surface area contributed by atoms with Gasteiger partial charge in [0.15, 0.2) is 0 Å². The van der Waals surface area contributed by atoms with Gasteiger partial charge < -0.3 is 19.1 Å². The van der Waals surface area contributed by atoms with Crippen molar-refractivity contribution in [3.8, 4) is 17.2 Å². The highest BCUT2D eigenvalue weighted by molar-refractivity contribution is 7.92. The fraction of sp³-hybridized carbons (Fsp3) is 0.273. The van der Waals surface area contributed by atoms with Gasteiger partial charge in [-0.1, -0.05) is 41.9 Å². The van der Waals surface area contributed by atoms with Gasteiger partial charge in [0.1, 0.15) is 23.1 Å². The Balaban J connectivity index is 1.33. The average molecular weight is 625 g/mol. The number of sulfonamides is 1. The molecule has 0 spiro atoms. The number of anilines is 2. The van der Waals surface area contributed by atoms with Gasteiger partial charge in [-0.05, 0) is 78.6 Å². The van der Waals surface area contributed by atoms with E-state index < -0.39 is 15.8 Å². The summed E-state index contributed by atoms with van der Waals surface area (Å²) in [4.78, 5) is 2.07. The van der Waals surface area contributed by atoms with Crippen LogP contribution in [0.4, 0.5) is 15.8 Å². The van der Waals surface area contributed by atoms with Crippen LogP contribution in [-0.4, -0.2) is 34.5 Å². The summed E-state index contributed by atoms with van der Waals surface area (Å²) in [7, 11) is -3.47. The van der Waals surface area contributed by atoms with Crippen molar-refractivity contribution in [1.29, 1.82) is 0 Å². The van der Waals surface area contributed by atoms with Gasteiger partial charge in [-0.2, -0.15) is 0 Å². The van der Waals surface area contributed by atoms with Crippen molar-refractivity contribution in [3.05, 3.63) is 112 Å². The highest BCUT2D eigenvalue weighted by Gasteiger charge is 2.17. The molecule has 43 heavy (non-hydrogen) atoms. The maximum absolute atomic E-state index is 14.3. The lowest BCUT2D eigenvalue weighted by Gasteiger charge is -2.28. The highest BCUT2D eigenvalue weighted by Crippen LogP contribution is 2.32. The lowest BCUT2D eigenvalue weighted by Crippen LogP contribution is -2.23. The number of nitrogens with zero attached hydrogens (tertiary/aromatic N) is 1. The van der Waals surface area contributed by atoms with E-state index in [0.717, 1.165) is 54.0 Å². The maximum atomic E-state index is 14.3. The van der Waals surface area contributed by atoms with E-state index in [4.69, 9.17) is 25.8 Å². The predicted octanol–water partition coefficient (Wildman–Crippen LogP) is 7.57. The fourth-order valence-electron chi connectivity index (χ4n) is 4.94. The third-order valence-corrected chi connectivity index (χ3v) is 8.04. The molecule has 1 aliphatic heterocycles. The quantitative estimate of drug-likeness (QED) is 0.175. The van der Waals surface area contributed by atoms with Crippen LogP contribution in [0.25, 0.3) is 0 Å². The Kier molecular flexibility index (Phi) is 9.75. The van der Waals surface area contributed by atoms with Crippen LogP contribution in [-0.2, 0) is 27.8 Å². The molecule has 0 saturated carbocycles. The molecule has 1 atom stereocenters. The van der Waals surface area contributed by atoms with Crippen LogP contribution in [0.1, 0.15) is 23.1 Å². The zero-order valence-corrected chi connectivity index (χ0v) is 25.6. The molecule has 1 fully saturated rings. The Morgan fingerprint density at radius 1 is 0.953 bits per heavy atom. The first kappa shape index (κ1) is 30.7. The first-order valence-electron chi connectivity index (χ1n) is 14.0. The molecule has 5 rings (SSSR count). The number of nitrogens with one attached hydrogen (secondary N) is 1. The monoisotopic (exact) mass is 624 g/mol. The van der Waals surface area contributed by atoms with Crippen molar-refractivity contribution >= 4 is 33.0 Å². The molecule has 0 amide bonds. The smallest absolute Gasteiger partial charge is 0.229 e. The normalized spacial score (nSPS) is 14.8. The summed E-state index contributed by atoms with van der Waals surface area (Å²) in [5, 5.41) is 0.0573. The number of rotatable bonds is 12. The second-order valence-corrected chi connectivity index (χ2v) is 12.8. The van der Waals surface area contributed by atoms with Crippen molar-refractivity contribution in [2.75, 3.05) is 35.7 Å². The third kappa shape index (κ3) is 8.63. The van der Waals surface area contributed by atoms with Gasteiger partial charge in [-0.25, -0.2) is 12.8 Å². The topological polar surface area (TPSA) is 77.1 Å². The molecule has 1 N–H and O–H groups in total. The van der Waals surface area contributed by atoms with Crippen molar-refractivity contribution in [3.63, 3.8) is 0 Å². The summed E-state index contributed by atoms with van der Waals surface area (Å²) in [6.07, 6.45) is 2.13. The number of ether oxygens (including phenoxy) is 3. The van der Waals surface area contributed by atoms with Gasteiger partial charge >= 0.3 is 0 Å². The van der Waals surface area contributed by atoms with E-state index in [1.54, 1.807) is 18.2 Å². The summed E-state index contributed by atoms with van der Waals surface area (Å²) in [5.74, 6) is 2.01. The lowest BCUT2D eigenvalue weighted by molar-refractivity contribution is 0.167. The Hall–Kier alpha value is -3.79. The largest absolute Gasteiger partial charge is 0.493 e. The molecule has 1 heterocycles. The molecular weight excluding hydrogens is 591 g/mol. The molecule has 0 aliphatic carbocycles. The van der Waals surface area contributed by atoms with Crippen LogP contribution in [0, 0.1) is 18.7 Å². The molecule has 1 saturated heterocycles. The molecule has 1 unspecified atom stereocenters. The maximum Gasteiger partial charge on any atom is 0.229 e. The van der Waals surface area contributed by atoms with E-state index in [1.165, 1.54) is 12.1 Å². The Bertz CT molecular complexity index is 1660. The third-order valence-electron chi connectivity index (χ3n) is 7.15. The van der Waals surface area contributed by atoms with Gasteiger partial charge in [0.25, 0.3) is 0 Å². The molecule has 0 aromatic heterocycles. The molecule has 4 aromatic carbocycles. The lowest BCUT2D eigenvalue weighted by atomic mass is 10.1. The molecular formula is C33H34ClFN2O5S. The van der Waals surface area contributed by atoms with E-state index in [-0.39, 0.29) is 5.02 Å². The molecule has 226 valence electrons. The SMILES string of the molecule is Cc1c(NS(C)(=O)=O)cccc1N(Cc1ccc(Oc2cccc(OCC3CCOC3)c2)cc1)Cc1ccc(Cl)c(F)c1. The summed E-state index contributed by atoms with van der Waals surface area (Å²) in [6, 6.07) is 25.5. The Labute approximate surface area is 257 Å². The summed E-state index contributed by atoms with van der Waals surface area (Å²) < 4.78 is 58.2. The number of benzene rings is 4. The number of hydrogen-bond donors (Lipinski definition) is 1. The highest BCUT2D eigenvalue weighted by atomic mass is 35.5. The second-order valence-electron chi connectivity index (χ2n) is 10.7. The van der Waals surface area contributed by atoms with Gasteiger partial charge in [-0.3, -0.25) is 4.72 Å². The van der Waals surface area contributed by atoms with Crippen molar-refractivity contribution in [2.24, 2.45) is 5.92 Å². The van der Waals surface area contributed by atoms with E-state index in [2.05, 4.69) is 9.62 Å². The molecule has 10 heteroatoms. The Morgan fingerprint density at radius 3 is 2.40 bits per heavy atom. The predicted molar refractivity (Wildman–Crippen MR) is 168 cm³/mol. The van der Waals surface area contributed by atoms with Gasteiger partial charge in [0.05, 0.1) is 30.2 Å². The van der Waals surface area contributed by atoms with E-state index in [1.807, 2.05) is 61.5 Å². The summed E-state index contributed by atoms with van der Waals surface area (Å²) >= 11 is 5.92. The molecule has 0 radical (unpaired) electrons. The zero-order valence-electron chi connectivity index (χ0n) is 24.1. The van der Waals surface area contributed by atoms with Crippen LogP contribution in [0.3, 0.4) is 0 Å². The summed E-state index contributed by atoms with van der Waals surface area (Å²) in [6.45, 7) is 4.84. The minimum absolute atomic E-state index is 0.0573. The van der Waals surface area contributed by atoms with Crippen molar-refractivity contribution in [1.82, 2.24) is 0 Å². The molecule has 0 bridgehead atoms. The number of halogens is 2. The van der Waals surface area contributed by atoms with Crippen LogP contribution in [0.2, 0.25) is 5.02 Å². The molecule has 7 nitrogen and oxygen atoms in total. The fourth-order valence-corrected chi connectivity index (χ4v) is 5.67. The average Bonchev–Trinajstić information content (AvgIpc) is 3.49. The first-order valence-corrected chi connectivity index (χ1v) is 16.2. The number of hydrogen-bond acceptors (Lipinski definition) is 6. The second kappa shape index (κ2) is 13.7. The first-order chi connectivity index (χ1) is 20.6. The van der Waals surface area contributed by atoms with E-state index >= 15 is 0 Å². The van der Waals surface area contributed by atoms with E-state index in [9.17, 15) is 12.8 Å². The van der Waals surface area contributed by atoms with E-state index in [0.29, 0.717) is 42.8 Å². The van der Waals surface area contributed by atoms with Crippen LogP contribution < -0.4 is 19.1 Å². The standard InChI is InChI=1S/C33H34ClFN2O5S/c1-23-32(36-43(2,38)39)7-4-8-33(23)37(20-25-11-14-30(34)31(35)17-25)19-24-9-12-27(13-10-24)42-29-6-3-5-28(18-29)41-22-26-15-16-40-21-26/h3-14,17-18,26,36H,15-16,19-22H2,1-2H3. The van der Waals surface area contributed by atoms with Crippen LogP contribution >= 0.6 is 11.6 Å². The van der Waals surface area contributed by atoms with Gasteiger partial charge in [0, 0.05) is 37.4 Å². The zero-order chi connectivity index (χ0) is 30.4. The molecule has 1 aliphatic rings. The Morgan fingerprint density at radius 2 is 1.67 bits per heavy atom. The minimum Gasteiger partial charge on any atom is -0.493 e. The van der Waals surface area contributed by atoms with Gasteiger partial charge in [-0.15, -0.1) is 0 Å².